The maximum atomic E-state index is 10.6. The third-order valence-corrected chi connectivity index (χ3v) is 2.79. The summed E-state index contributed by atoms with van der Waals surface area (Å²) >= 11 is 0. The van der Waals surface area contributed by atoms with Gasteiger partial charge in [-0.1, -0.05) is 60.7 Å². The van der Waals surface area contributed by atoms with Gasteiger partial charge in [0.15, 0.2) is 0 Å². The Kier molecular flexibility index (Phi) is 4.68. The maximum Gasteiger partial charge on any atom is 0.213 e. The van der Waals surface area contributed by atoms with Gasteiger partial charge in [-0.3, -0.25) is 9.69 Å². The number of hydrogen-bond acceptors (Lipinski definition) is 2. The van der Waals surface area contributed by atoms with Crippen LogP contribution in [-0.4, -0.2) is 17.7 Å². The molecule has 2 heteroatoms. The van der Waals surface area contributed by atoms with E-state index in [9.17, 15) is 4.79 Å². The minimum atomic E-state index is 0.337. The fraction of sp³-hybridized carbons (Fsp3) is 0.188. The molecule has 0 spiro atoms. The summed E-state index contributed by atoms with van der Waals surface area (Å²) in [6.45, 7) is 1.87. The summed E-state index contributed by atoms with van der Waals surface area (Å²) in [5.41, 5.74) is 2.42. The fourth-order valence-corrected chi connectivity index (χ4v) is 1.94. The van der Waals surface area contributed by atoms with Crippen LogP contribution in [0, 0.1) is 0 Å². The minimum absolute atomic E-state index is 0.337. The molecule has 2 aromatic carbocycles. The summed E-state index contributed by atoms with van der Waals surface area (Å²) in [6.07, 6.45) is 1.98. The molecule has 0 aliphatic rings. The minimum Gasteiger partial charge on any atom is -0.289 e. The molecule has 0 saturated heterocycles. The number of benzene rings is 2. The van der Waals surface area contributed by atoms with Crippen molar-refractivity contribution in [2.45, 2.75) is 13.1 Å². The molecule has 0 aromatic heterocycles. The van der Waals surface area contributed by atoms with E-state index in [0.717, 1.165) is 13.1 Å². The predicted octanol–water partition coefficient (Wildman–Crippen LogP) is 2.80. The van der Waals surface area contributed by atoms with Crippen LogP contribution in [0.3, 0.4) is 0 Å². The van der Waals surface area contributed by atoms with Crippen molar-refractivity contribution in [2.75, 3.05) is 6.54 Å². The molecule has 0 fully saturated rings. The molecule has 2 nitrogen and oxygen atoms in total. The molecule has 0 aliphatic carbocycles. The van der Waals surface area contributed by atoms with Crippen molar-refractivity contribution in [3.63, 3.8) is 0 Å². The van der Waals surface area contributed by atoms with Gasteiger partial charge < -0.3 is 0 Å². The lowest BCUT2D eigenvalue weighted by Crippen LogP contribution is -2.24. The molecule has 0 saturated carbocycles. The maximum absolute atomic E-state index is 10.6. The van der Waals surface area contributed by atoms with Gasteiger partial charge in [0.25, 0.3) is 0 Å². The van der Waals surface area contributed by atoms with E-state index in [1.165, 1.54) is 11.1 Å². The topological polar surface area (TPSA) is 20.3 Å². The van der Waals surface area contributed by atoms with Crippen molar-refractivity contribution in [3.8, 4) is 0 Å². The van der Waals surface area contributed by atoms with Crippen LogP contribution in [0.15, 0.2) is 60.7 Å². The zero-order valence-corrected chi connectivity index (χ0v) is 10.3. The summed E-state index contributed by atoms with van der Waals surface area (Å²) in [4.78, 5) is 12.7. The summed E-state index contributed by atoms with van der Waals surface area (Å²) in [5.74, 6) is 0. The molecule has 1 radical (unpaired) electrons. The van der Waals surface area contributed by atoms with Gasteiger partial charge in [0, 0.05) is 13.1 Å². The highest BCUT2D eigenvalue weighted by Gasteiger charge is 2.06. The standard InChI is InChI=1S/C16H16NO/c18-12-11-17(13-15-7-3-1-4-8-15)14-16-9-5-2-6-10-16/h1-10H,11,13-14H2. The van der Waals surface area contributed by atoms with Crippen molar-refractivity contribution in [1.82, 2.24) is 4.90 Å². The zero-order chi connectivity index (χ0) is 12.6. The zero-order valence-electron chi connectivity index (χ0n) is 10.3. The van der Waals surface area contributed by atoms with E-state index < -0.39 is 0 Å². The van der Waals surface area contributed by atoms with Crippen LogP contribution in [0.5, 0.6) is 0 Å². The lowest BCUT2D eigenvalue weighted by atomic mass is 10.1. The van der Waals surface area contributed by atoms with Crippen LogP contribution in [0.1, 0.15) is 11.1 Å². The van der Waals surface area contributed by atoms with Gasteiger partial charge in [0.1, 0.15) is 0 Å². The quantitative estimate of drug-likeness (QED) is 0.771. The van der Waals surface area contributed by atoms with Gasteiger partial charge in [-0.2, -0.15) is 0 Å². The van der Waals surface area contributed by atoms with E-state index in [-0.39, 0.29) is 0 Å². The summed E-state index contributed by atoms with van der Waals surface area (Å²) < 4.78 is 0. The summed E-state index contributed by atoms with van der Waals surface area (Å²) in [7, 11) is 0. The molecule has 18 heavy (non-hydrogen) atoms. The molecule has 2 aromatic rings. The molecule has 0 amide bonds. The Balaban J connectivity index is 2.02. The Bertz CT molecular complexity index is 425. The first-order chi connectivity index (χ1) is 8.88. The highest BCUT2D eigenvalue weighted by Crippen LogP contribution is 2.09. The van der Waals surface area contributed by atoms with Gasteiger partial charge in [-0.15, -0.1) is 0 Å². The van der Waals surface area contributed by atoms with Crippen LogP contribution in [-0.2, 0) is 17.9 Å². The molecule has 0 aliphatic heterocycles. The Morgan fingerprint density at radius 2 is 1.22 bits per heavy atom. The normalized spacial score (nSPS) is 10.5. The molecule has 0 bridgehead atoms. The van der Waals surface area contributed by atoms with Crippen molar-refractivity contribution < 1.29 is 4.79 Å². The number of hydrogen-bond donors (Lipinski definition) is 0. The fourth-order valence-electron chi connectivity index (χ4n) is 1.94. The molecule has 0 unspecified atom stereocenters. The Labute approximate surface area is 108 Å². The molecule has 2 rings (SSSR count). The predicted molar refractivity (Wildman–Crippen MR) is 72.7 cm³/mol. The lowest BCUT2D eigenvalue weighted by Gasteiger charge is -2.19. The average Bonchev–Trinajstić information content (AvgIpc) is 2.41. The number of nitrogens with zero attached hydrogens (tertiary/aromatic N) is 1. The van der Waals surface area contributed by atoms with Gasteiger partial charge in [0.05, 0.1) is 6.54 Å². The first kappa shape index (κ1) is 12.5. The van der Waals surface area contributed by atoms with Crippen LogP contribution in [0.4, 0.5) is 0 Å². The van der Waals surface area contributed by atoms with E-state index in [1.54, 1.807) is 0 Å². The molecule has 0 atom stereocenters. The van der Waals surface area contributed by atoms with E-state index in [4.69, 9.17) is 0 Å². The molecule has 91 valence electrons. The monoisotopic (exact) mass is 238 g/mol. The van der Waals surface area contributed by atoms with Crippen molar-refractivity contribution in [1.29, 1.82) is 0 Å². The largest absolute Gasteiger partial charge is 0.289 e. The SMILES string of the molecule is O=[C]CN(Cc1ccccc1)Cc1ccccc1. The van der Waals surface area contributed by atoms with E-state index in [0.29, 0.717) is 6.54 Å². The molecular weight excluding hydrogens is 222 g/mol. The van der Waals surface area contributed by atoms with Gasteiger partial charge in [-0.25, -0.2) is 0 Å². The van der Waals surface area contributed by atoms with Crippen LogP contribution >= 0.6 is 0 Å². The van der Waals surface area contributed by atoms with E-state index >= 15 is 0 Å². The van der Waals surface area contributed by atoms with Crippen molar-refractivity contribution in [3.05, 3.63) is 71.8 Å². The smallest absolute Gasteiger partial charge is 0.213 e. The van der Waals surface area contributed by atoms with Gasteiger partial charge in [0.2, 0.25) is 6.29 Å². The van der Waals surface area contributed by atoms with Crippen LogP contribution in [0.25, 0.3) is 0 Å². The molecular formula is C16H16NO. The second-order valence-corrected chi connectivity index (χ2v) is 4.26. The van der Waals surface area contributed by atoms with E-state index in [2.05, 4.69) is 29.2 Å². The highest BCUT2D eigenvalue weighted by atomic mass is 16.1. The Hall–Kier alpha value is -1.93. The molecule has 0 heterocycles. The second-order valence-electron chi connectivity index (χ2n) is 4.26. The van der Waals surface area contributed by atoms with E-state index in [1.807, 2.05) is 42.7 Å². The Morgan fingerprint density at radius 1 is 0.778 bits per heavy atom. The average molecular weight is 238 g/mol. The van der Waals surface area contributed by atoms with Crippen LogP contribution in [0.2, 0.25) is 0 Å². The number of carbonyl (C=O) groups excluding carboxylic acids is 1. The lowest BCUT2D eigenvalue weighted by molar-refractivity contribution is 0.290. The van der Waals surface area contributed by atoms with Crippen molar-refractivity contribution >= 4 is 6.29 Å². The summed E-state index contributed by atoms with van der Waals surface area (Å²) in [5, 5.41) is 0. The van der Waals surface area contributed by atoms with Gasteiger partial charge >= 0.3 is 0 Å². The number of rotatable bonds is 6. The van der Waals surface area contributed by atoms with Gasteiger partial charge in [-0.05, 0) is 11.1 Å². The van der Waals surface area contributed by atoms with Crippen LogP contribution < -0.4 is 0 Å². The summed E-state index contributed by atoms with van der Waals surface area (Å²) in [6, 6.07) is 20.3. The molecule has 0 N–H and O–H groups in total. The first-order valence-corrected chi connectivity index (χ1v) is 6.03. The second kappa shape index (κ2) is 6.72. The highest BCUT2D eigenvalue weighted by molar-refractivity contribution is 5.53. The van der Waals surface area contributed by atoms with Crippen molar-refractivity contribution in [2.24, 2.45) is 0 Å². The Morgan fingerprint density at radius 3 is 1.61 bits per heavy atom. The first-order valence-electron chi connectivity index (χ1n) is 6.03. The third kappa shape index (κ3) is 3.82. The third-order valence-electron chi connectivity index (χ3n) is 2.79.